The maximum atomic E-state index is 10.2. The molecule has 1 aliphatic heterocycles. The molecular formula is C16H16IN5O4. The van der Waals surface area contributed by atoms with Crippen LogP contribution in [0.5, 0.6) is 0 Å². The number of nitrogens with one attached hydrogen (secondary N) is 1. The minimum absolute atomic E-state index is 0.393. The molecule has 10 heteroatoms. The number of hydrogen-bond acceptors (Lipinski definition) is 8. The van der Waals surface area contributed by atoms with E-state index in [1.165, 1.54) is 17.2 Å². The van der Waals surface area contributed by atoms with E-state index >= 15 is 0 Å². The van der Waals surface area contributed by atoms with E-state index in [2.05, 4.69) is 42.9 Å². The molecule has 26 heavy (non-hydrogen) atoms. The number of aliphatic hydroxyl groups is 3. The Morgan fingerprint density at radius 3 is 2.77 bits per heavy atom. The summed E-state index contributed by atoms with van der Waals surface area (Å²) in [6, 6.07) is 7.80. The Kier molecular flexibility index (Phi) is 4.75. The van der Waals surface area contributed by atoms with Crippen LogP contribution in [0.2, 0.25) is 0 Å². The molecule has 4 unspecified atom stereocenters. The zero-order chi connectivity index (χ0) is 18.3. The van der Waals surface area contributed by atoms with Crippen molar-refractivity contribution in [1.29, 1.82) is 0 Å². The lowest BCUT2D eigenvalue weighted by Gasteiger charge is -2.16. The molecule has 4 N–H and O–H groups in total. The van der Waals surface area contributed by atoms with Gasteiger partial charge in [-0.15, -0.1) is 0 Å². The molecule has 2 aromatic heterocycles. The molecule has 0 spiro atoms. The highest BCUT2D eigenvalue weighted by atomic mass is 127. The monoisotopic (exact) mass is 469 g/mol. The molecule has 0 bridgehead atoms. The van der Waals surface area contributed by atoms with Gasteiger partial charge in [0.05, 0.1) is 12.9 Å². The number of benzene rings is 1. The van der Waals surface area contributed by atoms with Crippen LogP contribution in [0.3, 0.4) is 0 Å². The Bertz CT molecular complexity index is 936. The summed E-state index contributed by atoms with van der Waals surface area (Å²) < 4.78 is 8.16. The number of halogens is 1. The van der Waals surface area contributed by atoms with Crippen molar-refractivity contribution in [2.24, 2.45) is 0 Å². The highest BCUT2D eigenvalue weighted by Gasteiger charge is 2.44. The quantitative estimate of drug-likeness (QED) is 0.414. The molecule has 1 fully saturated rings. The minimum atomic E-state index is -1.20. The van der Waals surface area contributed by atoms with Gasteiger partial charge in [0.1, 0.15) is 24.6 Å². The first-order chi connectivity index (χ1) is 12.6. The van der Waals surface area contributed by atoms with Crippen molar-refractivity contribution in [1.82, 2.24) is 19.5 Å². The van der Waals surface area contributed by atoms with Crippen LogP contribution in [-0.4, -0.2) is 59.8 Å². The number of hydrogen-bond donors (Lipinski definition) is 4. The van der Waals surface area contributed by atoms with Gasteiger partial charge in [-0.05, 0) is 40.8 Å². The van der Waals surface area contributed by atoms with Gasteiger partial charge < -0.3 is 25.4 Å². The normalized spacial score (nSPS) is 25.7. The van der Waals surface area contributed by atoms with Crippen molar-refractivity contribution >= 4 is 45.3 Å². The van der Waals surface area contributed by atoms with Crippen molar-refractivity contribution in [2.75, 3.05) is 11.9 Å². The number of anilines is 2. The Labute approximate surface area is 161 Å². The van der Waals surface area contributed by atoms with Gasteiger partial charge in [-0.25, -0.2) is 15.0 Å². The third-order valence-corrected chi connectivity index (χ3v) is 4.91. The standard InChI is InChI=1S/C16H16IN5O4/c17-8-2-1-3-9(4-8)21-14-11-15(19-6-18-14)22(7-20-11)16-13(25)12(24)10(5-23)26-16/h1-4,6-7,10,12-13,16,23-25H,5H2,(H,18,19,21). The minimum Gasteiger partial charge on any atom is -0.394 e. The predicted molar refractivity (Wildman–Crippen MR) is 101 cm³/mol. The summed E-state index contributed by atoms with van der Waals surface area (Å²) in [6.45, 7) is -0.393. The number of fused-ring (bicyclic) bond motifs is 1. The van der Waals surface area contributed by atoms with Gasteiger partial charge in [0.15, 0.2) is 23.2 Å². The maximum absolute atomic E-state index is 10.2. The summed E-state index contributed by atoms with van der Waals surface area (Å²) in [5.74, 6) is 0.516. The van der Waals surface area contributed by atoms with Crippen molar-refractivity contribution in [2.45, 2.75) is 24.5 Å². The molecule has 0 radical (unpaired) electrons. The van der Waals surface area contributed by atoms with Crippen LogP contribution < -0.4 is 5.32 Å². The molecule has 0 amide bonds. The first kappa shape index (κ1) is 17.5. The summed E-state index contributed by atoms with van der Waals surface area (Å²) in [5.41, 5.74) is 1.81. The Morgan fingerprint density at radius 2 is 2.04 bits per heavy atom. The molecule has 4 rings (SSSR count). The third-order valence-electron chi connectivity index (χ3n) is 4.24. The van der Waals surface area contributed by atoms with Gasteiger partial charge in [0, 0.05) is 9.26 Å². The number of nitrogens with zero attached hydrogens (tertiary/aromatic N) is 4. The van der Waals surface area contributed by atoms with Crippen molar-refractivity contribution in [3.63, 3.8) is 0 Å². The molecule has 1 aliphatic rings. The molecule has 4 atom stereocenters. The van der Waals surface area contributed by atoms with E-state index in [-0.39, 0.29) is 0 Å². The van der Waals surface area contributed by atoms with E-state index in [1.807, 2.05) is 24.3 Å². The molecule has 3 aromatic rings. The second kappa shape index (κ2) is 7.04. The molecule has 9 nitrogen and oxygen atoms in total. The topological polar surface area (TPSA) is 126 Å². The lowest BCUT2D eigenvalue weighted by molar-refractivity contribution is -0.0511. The van der Waals surface area contributed by atoms with Gasteiger partial charge in [0.2, 0.25) is 0 Å². The lowest BCUT2D eigenvalue weighted by atomic mass is 10.1. The maximum Gasteiger partial charge on any atom is 0.167 e. The number of rotatable bonds is 4. The highest BCUT2D eigenvalue weighted by molar-refractivity contribution is 14.1. The fraction of sp³-hybridized carbons (Fsp3) is 0.312. The largest absolute Gasteiger partial charge is 0.394 e. The summed E-state index contributed by atoms with van der Waals surface area (Å²) >= 11 is 2.22. The molecule has 3 heterocycles. The van der Waals surface area contributed by atoms with E-state index < -0.39 is 31.1 Å². The van der Waals surface area contributed by atoms with Gasteiger partial charge in [-0.1, -0.05) is 6.07 Å². The van der Waals surface area contributed by atoms with Crippen molar-refractivity contribution < 1.29 is 20.1 Å². The van der Waals surface area contributed by atoms with Crippen molar-refractivity contribution in [3.8, 4) is 0 Å². The average molecular weight is 469 g/mol. The number of aromatic nitrogens is 4. The first-order valence-corrected chi connectivity index (χ1v) is 8.99. The van der Waals surface area contributed by atoms with Crippen LogP contribution in [-0.2, 0) is 4.74 Å². The van der Waals surface area contributed by atoms with Gasteiger partial charge >= 0.3 is 0 Å². The Hall–Kier alpha value is -1.86. The average Bonchev–Trinajstić information content (AvgIpc) is 3.18. The predicted octanol–water partition coefficient (Wildman–Crippen LogP) is 0.786. The summed E-state index contributed by atoms with van der Waals surface area (Å²) in [7, 11) is 0. The third kappa shape index (κ3) is 3.03. The van der Waals surface area contributed by atoms with Crippen LogP contribution in [0.25, 0.3) is 11.2 Å². The van der Waals surface area contributed by atoms with Crippen LogP contribution in [0.4, 0.5) is 11.5 Å². The van der Waals surface area contributed by atoms with E-state index in [0.717, 1.165) is 9.26 Å². The summed E-state index contributed by atoms with van der Waals surface area (Å²) in [6.07, 6.45) is -1.29. The zero-order valence-corrected chi connectivity index (χ0v) is 15.6. The molecule has 0 saturated carbocycles. The molecule has 0 aliphatic carbocycles. The van der Waals surface area contributed by atoms with E-state index in [9.17, 15) is 15.3 Å². The number of ether oxygens (including phenoxy) is 1. The second-order valence-corrected chi connectivity index (χ2v) is 7.16. The van der Waals surface area contributed by atoms with Crippen molar-refractivity contribution in [3.05, 3.63) is 40.5 Å². The number of aliphatic hydroxyl groups excluding tert-OH is 3. The number of imidazole rings is 1. The molecule has 1 aromatic carbocycles. The van der Waals surface area contributed by atoms with Crippen LogP contribution in [0.1, 0.15) is 6.23 Å². The summed E-state index contributed by atoms with van der Waals surface area (Å²) in [4.78, 5) is 12.8. The first-order valence-electron chi connectivity index (χ1n) is 7.91. The van der Waals surface area contributed by atoms with Crippen LogP contribution in [0, 0.1) is 3.57 Å². The zero-order valence-electron chi connectivity index (χ0n) is 13.4. The molecule has 136 valence electrons. The fourth-order valence-corrected chi connectivity index (χ4v) is 3.49. The highest BCUT2D eigenvalue weighted by Crippen LogP contribution is 2.32. The van der Waals surface area contributed by atoms with Crippen LogP contribution in [0.15, 0.2) is 36.9 Å². The van der Waals surface area contributed by atoms with Crippen LogP contribution >= 0.6 is 22.6 Å². The van der Waals surface area contributed by atoms with Gasteiger partial charge in [-0.3, -0.25) is 4.57 Å². The SMILES string of the molecule is OCC1OC(n2cnc3c(Nc4cccc(I)c4)ncnc32)C(O)C1O. The lowest BCUT2D eigenvalue weighted by Crippen LogP contribution is -2.33. The van der Waals surface area contributed by atoms with Gasteiger partial charge in [-0.2, -0.15) is 0 Å². The Balaban J connectivity index is 1.69. The van der Waals surface area contributed by atoms with Gasteiger partial charge in [0.25, 0.3) is 0 Å². The summed E-state index contributed by atoms with van der Waals surface area (Å²) in [5, 5.41) is 32.7. The molecule has 1 saturated heterocycles. The molecular weight excluding hydrogens is 453 g/mol. The van der Waals surface area contributed by atoms with E-state index in [4.69, 9.17) is 4.74 Å². The Morgan fingerprint density at radius 1 is 1.19 bits per heavy atom. The van der Waals surface area contributed by atoms with E-state index in [1.54, 1.807) is 0 Å². The fourth-order valence-electron chi connectivity index (χ4n) is 2.94. The van der Waals surface area contributed by atoms with E-state index in [0.29, 0.717) is 17.0 Å². The second-order valence-electron chi connectivity index (χ2n) is 5.91. The smallest absolute Gasteiger partial charge is 0.167 e.